The van der Waals surface area contributed by atoms with Gasteiger partial charge < -0.3 is 20.9 Å². The maximum atomic E-state index is 17.3. The number of anilines is 3. The number of nitrogens with one attached hydrogen (secondary N) is 1. The molecule has 0 radical (unpaired) electrons. The molecule has 2 aromatic heterocycles. The predicted molar refractivity (Wildman–Crippen MR) is 170 cm³/mol. The second-order valence-electron chi connectivity index (χ2n) is 11.3. The molecule has 46 heavy (non-hydrogen) atoms. The molecule has 2 aliphatic rings. The fraction of sp³-hybridized carbons (Fsp3) is 0.258. The van der Waals surface area contributed by atoms with Crippen molar-refractivity contribution in [3.05, 3.63) is 80.2 Å². The summed E-state index contributed by atoms with van der Waals surface area (Å²) in [5.74, 6) is -5.75. The highest BCUT2D eigenvalue weighted by molar-refractivity contribution is 6.37. The minimum Gasteiger partial charge on any atom is -0.397 e. The Morgan fingerprint density at radius 2 is 1.85 bits per heavy atom. The first kappa shape index (κ1) is 31.4. The molecule has 0 bridgehead atoms. The van der Waals surface area contributed by atoms with Crippen LogP contribution in [0.4, 0.5) is 30.4 Å². The van der Waals surface area contributed by atoms with Crippen LogP contribution < -0.4 is 21.6 Å². The normalized spacial score (nSPS) is 16.0. The standard InChI is InChI=1S/C31H26Cl2F3N7O3/c1-5-17(44)41-8-9-42-16(11-41)30(45)39-26-20-28(23(36)18(22(26)35)19-21(34)14(32)10-15(33)24(19)37)43(31(46)40-29(20)42)27-13(4)6-7-38-25(27)12(2)3/h5-7,10,12,16H,1,8-9,11,37H2,2-4H3,(H,39,45). The minimum absolute atomic E-state index is 0.0116. The topological polar surface area (TPSA) is 126 Å². The van der Waals surface area contributed by atoms with Gasteiger partial charge in [0.1, 0.15) is 17.4 Å². The van der Waals surface area contributed by atoms with Crippen LogP contribution in [0.2, 0.25) is 10.0 Å². The van der Waals surface area contributed by atoms with E-state index in [4.69, 9.17) is 28.9 Å². The molecule has 4 heterocycles. The van der Waals surface area contributed by atoms with E-state index in [1.165, 1.54) is 16.0 Å². The van der Waals surface area contributed by atoms with Crippen LogP contribution in [-0.2, 0) is 9.59 Å². The second-order valence-corrected chi connectivity index (χ2v) is 12.1. The summed E-state index contributed by atoms with van der Waals surface area (Å²) in [7, 11) is 0. The maximum absolute atomic E-state index is 17.3. The second kappa shape index (κ2) is 11.3. The maximum Gasteiger partial charge on any atom is 0.354 e. The van der Waals surface area contributed by atoms with E-state index in [2.05, 4.69) is 21.9 Å². The number of nitrogen functional groups attached to an aromatic ring is 1. The first-order chi connectivity index (χ1) is 21.8. The monoisotopic (exact) mass is 671 g/mol. The summed E-state index contributed by atoms with van der Waals surface area (Å²) in [5, 5.41) is 1.39. The van der Waals surface area contributed by atoms with Gasteiger partial charge in [-0.3, -0.25) is 19.1 Å². The van der Waals surface area contributed by atoms with Crippen LogP contribution in [0.5, 0.6) is 0 Å². The van der Waals surface area contributed by atoms with Gasteiger partial charge in [-0.25, -0.2) is 18.0 Å². The Morgan fingerprint density at radius 1 is 1.13 bits per heavy atom. The lowest BCUT2D eigenvalue weighted by Crippen LogP contribution is -2.58. The molecule has 0 saturated carbocycles. The van der Waals surface area contributed by atoms with Crippen LogP contribution >= 0.6 is 23.2 Å². The van der Waals surface area contributed by atoms with Gasteiger partial charge in [0.2, 0.25) is 11.8 Å². The number of hydrogen-bond acceptors (Lipinski definition) is 7. The van der Waals surface area contributed by atoms with Crippen molar-refractivity contribution in [2.45, 2.75) is 32.7 Å². The minimum atomic E-state index is -1.40. The predicted octanol–water partition coefficient (Wildman–Crippen LogP) is 5.34. The zero-order valence-electron chi connectivity index (χ0n) is 24.7. The van der Waals surface area contributed by atoms with Crippen molar-refractivity contribution in [2.75, 3.05) is 35.6 Å². The highest BCUT2D eigenvalue weighted by atomic mass is 35.5. The van der Waals surface area contributed by atoms with Gasteiger partial charge in [-0.2, -0.15) is 4.98 Å². The SMILES string of the molecule is C=CC(=O)N1CCN2c3nc(=O)n(-c4c(C)ccnc4C(C)C)c4c(F)c(-c5c(N)c(Cl)cc(Cl)c5F)c(F)c(c34)NC(=O)C2C1. The van der Waals surface area contributed by atoms with Crippen molar-refractivity contribution in [2.24, 2.45) is 0 Å². The van der Waals surface area contributed by atoms with E-state index in [0.29, 0.717) is 11.3 Å². The summed E-state index contributed by atoms with van der Waals surface area (Å²) in [6, 6.07) is 1.44. The van der Waals surface area contributed by atoms with Gasteiger partial charge in [-0.05, 0) is 36.6 Å². The quantitative estimate of drug-likeness (QED) is 0.170. The van der Waals surface area contributed by atoms with Crippen molar-refractivity contribution in [1.82, 2.24) is 19.4 Å². The molecule has 2 aromatic carbocycles. The smallest absolute Gasteiger partial charge is 0.354 e. The number of aromatic nitrogens is 3. The van der Waals surface area contributed by atoms with E-state index >= 15 is 13.2 Å². The lowest BCUT2D eigenvalue weighted by atomic mass is 9.97. The number of benzene rings is 2. The summed E-state index contributed by atoms with van der Waals surface area (Å²) < 4.78 is 50.7. The Kier molecular flexibility index (Phi) is 7.72. The molecule has 10 nitrogen and oxygen atoms in total. The Balaban J connectivity index is 1.81. The van der Waals surface area contributed by atoms with Crippen LogP contribution in [0.1, 0.15) is 31.0 Å². The number of nitrogens with two attached hydrogens (primary N) is 1. The van der Waals surface area contributed by atoms with Crippen molar-refractivity contribution in [1.29, 1.82) is 0 Å². The van der Waals surface area contributed by atoms with Gasteiger partial charge in [0, 0.05) is 24.8 Å². The average molecular weight is 672 g/mol. The molecule has 6 rings (SSSR count). The molecular formula is C31H26Cl2F3N7O3. The third-order valence-corrected chi connectivity index (χ3v) is 8.85. The summed E-state index contributed by atoms with van der Waals surface area (Å²) >= 11 is 12.2. The molecule has 238 valence electrons. The largest absolute Gasteiger partial charge is 0.397 e. The fourth-order valence-electron chi connectivity index (χ4n) is 6.08. The van der Waals surface area contributed by atoms with Crippen LogP contribution in [0.15, 0.2) is 35.8 Å². The molecule has 3 N–H and O–H groups in total. The Hall–Kier alpha value is -4.62. The zero-order valence-corrected chi connectivity index (χ0v) is 26.2. The fourth-order valence-corrected chi connectivity index (χ4v) is 6.55. The lowest BCUT2D eigenvalue weighted by molar-refractivity contribution is -0.128. The van der Waals surface area contributed by atoms with Crippen molar-refractivity contribution in [3.8, 4) is 16.8 Å². The van der Waals surface area contributed by atoms with E-state index in [-0.39, 0.29) is 47.5 Å². The highest BCUT2D eigenvalue weighted by Crippen LogP contribution is 2.47. The van der Waals surface area contributed by atoms with Gasteiger partial charge in [0.15, 0.2) is 17.5 Å². The van der Waals surface area contributed by atoms with Gasteiger partial charge in [0.05, 0.1) is 50.3 Å². The Labute approximate surface area is 270 Å². The van der Waals surface area contributed by atoms with Crippen molar-refractivity contribution >= 4 is 63.1 Å². The van der Waals surface area contributed by atoms with Crippen LogP contribution in [0.25, 0.3) is 27.7 Å². The molecular weight excluding hydrogens is 646 g/mol. The number of aryl methyl sites for hydroxylation is 1. The molecule has 0 aliphatic carbocycles. The van der Waals surface area contributed by atoms with Crippen LogP contribution in [-0.4, -0.2) is 56.9 Å². The third kappa shape index (κ3) is 4.59. The van der Waals surface area contributed by atoms with E-state index < -0.39 is 74.0 Å². The van der Waals surface area contributed by atoms with Crippen LogP contribution in [0.3, 0.4) is 0 Å². The van der Waals surface area contributed by atoms with Crippen molar-refractivity contribution in [3.63, 3.8) is 0 Å². The first-order valence-corrected chi connectivity index (χ1v) is 14.9. The summed E-state index contributed by atoms with van der Waals surface area (Å²) in [5.41, 5.74) is 2.77. The van der Waals surface area contributed by atoms with Gasteiger partial charge >= 0.3 is 5.69 Å². The molecule has 4 aromatic rings. The molecule has 2 aliphatic heterocycles. The lowest BCUT2D eigenvalue weighted by Gasteiger charge is -2.40. The summed E-state index contributed by atoms with van der Waals surface area (Å²) in [6.45, 7) is 8.72. The number of amides is 2. The van der Waals surface area contributed by atoms with Gasteiger partial charge in [-0.15, -0.1) is 0 Å². The molecule has 1 saturated heterocycles. The van der Waals surface area contributed by atoms with Crippen LogP contribution in [0, 0.1) is 24.4 Å². The molecule has 1 fully saturated rings. The van der Waals surface area contributed by atoms with E-state index in [9.17, 15) is 14.4 Å². The number of hydrogen-bond donors (Lipinski definition) is 2. The molecule has 0 spiro atoms. The molecule has 2 amide bonds. The molecule has 15 heteroatoms. The first-order valence-electron chi connectivity index (χ1n) is 14.1. The third-order valence-electron chi connectivity index (χ3n) is 8.27. The summed E-state index contributed by atoms with van der Waals surface area (Å²) in [4.78, 5) is 51.8. The number of carbonyl (C=O) groups is 2. The zero-order chi connectivity index (χ0) is 33.4. The number of nitrogens with zero attached hydrogens (tertiary/aromatic N) is 5. The van der Waals surface area contributed by atoms with Crippen molar-refractivity contribution < 1.29 is 22.8 Å². The summed E-state index contributed by atoms with van der Waals surface area (Å²) in [6.07, 6.45) is 2.62. The average Bonchev–Trinajstić information content (AvgIpc) is 3.14. The van der Waals surface area contributed by atoms with E-state index in [1.54, 1.807) is 13.0 Å². The van der Waals surface area contributed by atoms with E-state index in [1.807, 2.05) is 13.8 Å². The number of carbonyl (C=O) groups excluding carboxylic acids is 2. The molecule has 1 atom stereocenters. The number of piperazine rings is 1. The number of fused-ring (bicyclic) bond motifs is 2. The highest BCUT2D eigenvalue weighted by Gasteiger charge is 2.42. The Morgan fingerprint density at radius 3 is 2.52 bits per heavy atom. The van der Waals surface area contributed by atoms with Gasteiger partial charge in [-0.1, -0.05) is 43.6 Å². The number of halogens is 5. The Bertz CT molecular complexity index is 2060. The van der Waals surface area contributed by atoms with E-state index in [0.717, 1.165) is 16.7 Å². The number of pyridine rings is 1. The number of rotatable bonds is 4. The van der Waals surface area contributed by atoms with Gasteiger partial charge in [0.25, 0.3) is 0 Å². The molecule has 1 unspecified atom stereocenters.